The second kappa shape index (κ2) is 7.42. The highest BCUT2D eigenvalue weighted by Gasteiger charge is 2.24. The molecule has 0 spiro atoms. The Hall–Kier alpha value is -0.850. The van der Waals surface area contributed by atoms with Gasteiger partial charge in [0.15, 0.2) is 0 Å². The van der Waals surface area contributed by atoms with Gasteiger partial charge in [-0.1, -0.05) is 0 Å². The Morgan fingerprint density at radius 1 is 1.43 bits per heavy atom. The van der Waals surface area contributed by atoms with Crippen molar-refractivity contribution in [2.75, 3.05) is 24.7 Å². The number of hydrogen-bond donors (Lipinski definition) is 2. The molecule has 1 saturated heterocycles. The van der Waals surface area contributed by atoms with Crippen LogP contribution in [0.15, 0.2) is 17.0 Å². The fourth-order valence-electron chi connectivity index (χ4n) is 2.87. The van der Waals surface area contributed by atoms with E-state index in [0.717, 1.165) is 48.7 Å². The van der Waals surface area contributed by atoms with Crippen LogP contribution in [-0.2, 0) is 8.92 Å². The molecule has 1 heterocycles. The standard InChI is InChI=1S/C15H21NO3S2/c1-3-16(11-4-6-18-7-5-11)14-9-12(20)8-13(10(14)2)15(17)19-21/h8-9,11,20-21H,3-7H2,1-2H3. The van der Waals surface area contributed by atoms with E-state index >= 15 is 0 Å². The van der Waals surface area contributed by atoms with Gasteiger partial charge < -0.3 is 13.8 Å². The maximum absolute atomic E-state index is 11.9. The van der Waals surface area contributed by atoms with Crippen molar-refractivity contribution in [2.45, 2.75) is 37.6 Å². The zero-order valence-electron chi connectivity index (χ0n) is 12.3. The molecule has 1 fully saturated rings. The first kappa shape index (κ1) is 16.5. The summed E-state index contributed by atoms with van der Waals surface area (Å²) in [4.78, 5) is 14.9. The molecule has 6 heteroatoms. The predicted octanol–water partition coefficient (Wildman–Crippen LogP) is 3.29. The number of thiol groups is 2. The van der Waals surface area contributed by atoms with Crippen molar-refractivity contribution in [3.8, 4) is 0 Å². The van der Waals surface area contributed by atoms with Crippen molar-refractivity contribution in [3.63, 3.8) is 0 Å². The molecule has 0 saturated carbocycles. The number of hydrogen-bond acceptors (Lipinski definition) is 6. The lowest BCUT2D eigenvalue weighted by Crippen LogP contribution is -2.40. The summed E-state index contributed by atoms with van der Waals surface area (Å²) in [5, 5.41) is 0. The van der Waals surface area contributed by atoms with Crippen molar-refractivity contribution < 1.29 is 13.7 Å². The lowest BCUT2D eigenvalue weighted by molar-refractivity contribution is 0.0770. The molecular formula is C15H21NO3S2. The third kappa shape index (κ3) is 3.67. The minimum Gasteiger partial charge on any atom is -0.391 e. The van der Waals surface area contributed by atoms with Crippen LogP contribution in [0.5, 0.6) is 0 Å². The Balaban J connectivity index is 2.40. The first-order valence-electron chi connectivity index (χ1n) is 7.12. The summed E-state index contributed by atoms with van der Waals surface area (Å²) >= 11 is 8.03. The summed E-state index contributed by atoms with van der Waals surface area (Å²) in [5.74, 6) is -0.448. The lowest BCUT2D eigenvalue weighted by atomic mass is 10.0. The second-order valence-corrected chi connectivity index (χ2v) is 5.84. The minimum atomic E-state index is -0.448. The topological polar surface area (TPSA) is 38.8 Å². The van der Waals surface area contributed by atoms with E-state index in [-0.39, 0.29) is 0 Å². The number of benzene rings is 1. The van der Waals surface area contributed by atoms with Crippen LogP contribution in [0.3, 0.4) is 0 Å². The normalized spacial score (nSPS) is 15.8. The zero-order chi connectivity index (χ0) is 15.4. The monoisotopic (exact) mass is 327 g/mol. The van der Waals surface area contributed by atoms with Gasteiger partial charge in [-0.25, -0.2) is 4.79 Å². The molecule has 21 heavy (non-hydrogen) atoms. The number of anilines is 1. The van der Waals surface area contributed by atoms with Gasteiger partial charge >= 0.3 is 5.97 Å². The van der Waals surface area contributed by atoms with E-state index < -0.39 is 5.97 Å². The van der Waals surface area contributed by atoms with Crippen LogP contribution in [0.2, 0.25) is 0 Å². The van der Waals surface area contributed by atoms with E-state index in [2.05, 4.69) is 41.5 Å². The van der Waals surface area contributed by atoms with Crippen molar-refractivity contribution in [2.24, 2.45) is 0 Å². The minimum absolute atomic E-state index is 0.428. The van der Waals surface area contributed by atoms with Crippen molar-refractivity contribution >= 4 is 37.2 Å². The van der Waals surface area contributed by atoms with Crippen LogP contribution in [0.25, 0.3) is 0 Å². The summed E-state index contributed by atoms with van der Waals surface area (Å²) in [5.41, 5.74) is 2.45. The van der Waals surface area contributed by atoms with Gasteiger partial charge in [0.05, 0.1) is 5.56 Å². The average Bonchev–Trinajstić information content (AvgIpc) is 2.51. The SMILES string of the molecule is CCN(c1cc(S)cc(C(=O)OS)c1C)C1CCOCC1. The molecule has 0 aliphatic carbocycles. The highest BCUT2D eigenvalue weighted by Crippen LogP contribution is 2.31. The molecule has 4 nitrogen and oxygen atoms in total. The summed E-state index contributed by atoms with van der Waals surface area (Å²) in [7, 11) is 0. The maximum Gasteiger partial charge on any atom is 0.350 e. The van der Waals surface area contributed by atoms with E-state index in [1.807, 2.05) is 13.0 Å². The van der Waals surface area contributed by atoms with Gasteiger partial charge in [0.2, 0.25) is 0 Å². The van der Waals surface area contributed by atoms with Crippen LogP contribution in [-0.4, -0.2) is 31.8 Å². The fourth-order valence-corrected chi connectivity index (χ4v) is 3.22. The molecule has 1 aromatic rings. The van der Waals surface area contributed by atoms with Crippen molar-refractivity contribution in [1.29, 1.82) is 0 Å². The molecule has 116 valence electrons. The number of rotatable bonds is 4. The average molecular weight is 327 g/mol. The highest BCUT2D eigenvalue weighted by atomic mass is 32.1. The van der Waals surface area contributed by atoms with Crippen LogP contribution in [0, 0.1) is 6.92 Å². The van der Waals surface area contributed by atoms with Crippen LogP contribution >= 0.6 is 25.5 Å². The molecule has 0 atom stereocenters. The Morgan fingerprint density at radius 3 is 2.67 bits per heavy atom. The molecule has 0 N–H and O–H groups in total. The van der Waals surface area contributed by atoms with E-state index in [9.17, 15) is 4.79 Å². The fraction of sp³-hybridized carbons (Fsp3) is 0.533. The van der Waals surface area contributed by atoms with Gasteiger partial charge in [-0.3, -0.25) is 0 Å². The third-order valence-electron chi connectivity index (χ3n) is 3.95. The molecule has 1 aliphatic rings. The van der Waals surface area contributed by atoms with Gasteiger partial charge in [-0.2, -0.15) is 0 Å². The maximum atomic E-state index is 11.9. The Bertz CT molecular complexity index is 516. The molecule has 1 aliphatic heterocycles. The zero-order valence-corrected chi connectivity index (χ0v) is 14.1. The van der Waals surface area contributed by atoms with Crippen LogP contribution < -0.4 is 4.90 Å². The summed E-state index contributed by atoms with van der Waals surface area (Å²) in [6.07, 6.45) is 1.99. The van der Waals surface area contributed by atoms with Crippen molar-refractivity contribution in [1.82, 2.24) is 0 Å². The summed E-state index contributed by atoms with van der Waals surface area (Å²) in [6, 6.07) is 4.16. The largest absolute Gasteiger partial charge is 0.391 e. The van der Waals surface area contributed by atoms with E-state index in [0.29, 0.717) is 11.6 Å². The van der Waals surface area contributed by atoms with E-state index in [4.69, 9.17) is 4.74 Å². The van der Waals surface area contributed by atoms with Gasteiger partial charge in [0, 0.05) is 49.3 Å². The summed E-state index contributed by atoms with van der Waals surface area (Å²) in [6.45, 7) is 6.50. The Morgan fingerprint density at radius 2 is 2.10 bits per heavy atom. The number of nitrogens with zero attached hydrogens (tertiary/aromatic N) is 1. The van der Waals surface area contributed by atoms with Gasteiger partial charge in [-0.15, -0.1) is 12.6 Å². The lowest BCUT2D eigenvalue weighted by Gasteiger charge is -2.36. The van der Waals surface area contributed by atoms with E-state index in [1.54, 1.807) is 6.07 Å². The highest BCUT2D eigenvalue weighted by molar-refractivity contribution is 7.80. The predicted molar refractivity (Wildman–Crippen MR) is 89.7 cm³/mol. The first-order chi connectivity index (χ1) is 10.1. The number of carbonyl (C=O) groups is 1. The van der Waals surface area contributed by atoms with Gasteiger partial charge in [0.1, 0.15) is 0 Å². The molecule has 0 radical (unpaired) electrons. The third-order valence-corrected chi connectivity index (χ3v) is 4.37. The molecule has 2 rings (SSSR count). The second-order valence-electron chi connectivity index (χ2n) is 5.15. The van der Waals surface area contributed by atoms with Crippen LogP contribution in [0.1, 0.15) is 35.7 Å². The van der Waals surface area contributed by atoms with Crippen molar-refractivity contribution in [3.05, 3.63) is 23.3 Å². The molecule has 0 unspecified atom stereocenters. The van der Waals surface area contributed by atoms with E-state index in [1.165, 1.54) is 0 Å². The Labute approximate surface area is 136 Å². The van der Waals surface area contributed by atoms with Crippen LogP contribution in [0.4, 0.5) is 5.69 Å². The number of ether oxygens (including phenoxy) is 1. The molecule has 0 aromatic heterocycles. The molecular weight excluding hydrogens is 306 g/mol. The Kier molecular flexibility index (Phi) is 5.84. The summed E-state index contributed by atoms with van der Waals surface area (Å²) < 4.78 is 10.0. The van der Waals surface area contributed by atoms with Gasteiger partial charge in [-0.05, 0) is 44.4 Å². The quantitative estimate of drug-likeness (QED) is 0.657. The van der Waals surface area contributed by atoms with Gasteiger partial charge in [0.25, 0.3) is 0 Å². The molecule has 1 aromatic carbocycles. The first-order valence-corrected chi connectivity index (χ1v) is 7.93. The molecule has 0 bridgehead atoms. The smallest absolute Gasteiger partial charge is 0.350 e. The molecule has 0 amide bonds. The number of carbonyl (C=O) groups excluding carboxylic acids is 1.